The monoisotopic (exact) mass is 410 g/mol. The number of fused-ring (bicyclic) bond motifs is 1. The van der Waals surface area contributed by atoms with E-state index >= 15 is 0 Å². The Bertz CT molecular complexity index is 887. The number of hydrogen-bond donors (Lipinski definition) is 0. The van der Waals surface area contributed by atoms with Crippen LogP contribution in [0.1, 0.15) is 29.7 Å². The average Bonchev–Trinajstić information content (AvgIpc) is 2.66. The Morgan fingerprint density at radius 3 is 2.70 bits per heavy atom. The van der Waals surface area contributed by atoms with Crippen molar-refractivity contribution >= 4 is 19.7 Å². The van der Waals surface area contributed by atoms with Gasteiger partial charge in [-0.05, 0) is 42.2 Å². The molecule has 0 spiro atoms. The fourth-order valence-corrected chi connectivity index (χ4v) is 4.00. The maximum absolute atomic E-state index is 11.6. The molecule has 1 aliphatic rings. The number of nitrogens with zero attached hydrogens (tertiary/aromatic N) is 2. The summed E-state index contributed by atoms with van der Waals surface area (Å²) in [7, 11) is 3.40. The molecular weight excluding hydrogens is 388 g/mol. The number of methoxy groups -OCH3 is 1. The summed E-state index contributed by atoms with van der Waals surface area (Å²) >= 11 is 0. The summed E-state index contributed by atoms with van der Waals surface area (Å²) in [5, 5.41) is 0. The molecule has 2 heterocycles. The molecule has 1 aliphatic heterocycles. The number of halogens is 1. The summed E-state index contributed by atoms with van der Waals surface area (Å²) in [6.45, 7) is 4.67. The van der Waals surface area contributed by atoms with E-state index in [-0.39, 0.29) is 10.9 Å². The molecule has 0 radical (unpaired) electrons. The first-order chi connectivity index (χ1) is 12.9. The number of ether oxygens (including phenoxy) is 2. The molecule has 0 aliphatic carbocycles. The van der Waals surface area contributed by atoms with Gasteiger partial charge in [0.05, 0.1) is 11.5 Å². The van der Waals surface area contributed by atoms with E-state index in [0.717, 1.165) is 24.1 Å². The topological polar surface area (TPSA) is 68.7 Å². The van der Waals surface area contributed by atoms with Crippen LogP contribution in [-0.4, -0.2) is 45.2 Å². The van der Waals surface area contributed by atoms with Gasteiger partial charge in [0.2, 0.25) is 5.88 Å². The van der Waals surface area contributed by atoms with E-state index in [2.05, 4.69) is 16.8 Å². The number of benzene rings is 1. The van der Waals surface area contributed by atoms with E-state index < -0.39 is 9.05 Å². The van der Waals surface area contributed by atoms with Crippen LogP contribution in [0.2, 0.25) is 0 Å². The Balaban J connectivity index is 1.70. The van der Waals surface area contributed by atoms with Gasteiger partial charge in [0.15, 0.2) is 0 Å². The molecule has 0 saturated carbocycles. The van der Waals surface area contributed by atoms with E-state index in [4.69, 9.17) is 20.2 Å². The van der Waals surface area contributed by atoms with Crippen molar-refractivity contribution in [1.82, 2.24) is 9.88 Å². The molecule has 3 rings (SSSR count). The van der Waals surface area contributed by atoms with Crippen LogP contribution < -0.4 is 4.74 Å². The van der Waals surface area contributed by atoms with Gasteiger partial charge >= 0.3 is 0 Å². The predicted octanol–water partition coefficient (Wildman–Crippen LogP) is 3.15. The fraction of sp³-hybridized carbons (Fsp3) is 0.421. The van der Waals surface area contributed by atoms with Crippen molar-refractivity contribution in [1.29, 1.82) is 0 Å². The first-order valence-corrected chi connectivity index (χ1v) is 11.1. The zero-order chi connectivity index (χ0) is 19.4. The van der Waals surface area contributed by atoms with Crippen molar-refractivity contribution in [3.8, 4) is 5.88 Å². The van der Waals surface area contributed by atoms with Gasteiger partial charge in [-0.1, -0.05) is 12.1 Å². The number of hydrogen-bond acceptors (Lipinski definition) is 6. The second-order valence-electron chi connectivity index (χ2n) is 6.54. The number of pyridine rings is 1. The van der Waals surface area contributed by atoms with Crippen LogP contribution in [0, 0.1) is 0 Å². The van der Waals surface area contributed by atoms with Gasteiger partial charge in [-0.3, -0.25) is 4.90 Å². The minimum atomic E-state index is -3.72. The molecule has 27 heavy (non-hydrogen) atoms. The van der Waals surface area contributed by atoms with E-state index in [1.54, 1.807) is 19.2 Å². The molecule has 0 N–H and O–H groups in total. The molecule has 1 aromatic carbocycles. The van der Waals surface area contributed by atoms with Crippen molar-refractivity contribution < 1.29 is 17.9 Å². The summed E-state index contributed by atoms with van der Waals surface area (Å²) in [5.41, 5.74) is 3.25. The lowest BCUT2D eigenvalue weighted by Crippen LogP contribution is -2.33. The molecule has 1 atom stereocenters. The Hall–Kier alpha value is -1.67. The zero-order valence-electron chi connectivity index (χ0n) is 15.4. The summed E-state index contributed by atoms with van der Waals surface area (Å²) in [5.74, 6) is 0.573. The van der Waals surface area contributed by atoms with Gasteiger partial charge in [-0.2, -0.15) is 0 Å². The van der Waals surface area contributed by atoms with E-state index in [1.807, 2.05) is 24.4 Å². The standard InChI is InChI=1S/C19H23ClN2O4S/c1-14(16-4-6-19(21-12-16)26-10-9-25-2)22-8-7-15-3-5-18(27(20,23)24)11-17(15)13-22/h3-6,11-12,14H,7-10,13H2,1-2H3/t14-/m1/s1. The Morgan fingerprint density at radius 1 is 1.22 bits per heavy atom. The van der Waals surface area contributed by atoms with Crippen LogP contribution in [0.3, 0.4) is 0 Å². The molecule has 1 aromatic heterocycles. The molecule has 0 saturated heterocycles. The first-order valence-electron chi connectivity index (χ1n) is 8.76. The van der Waals surface area contributed by atoms with Gasteiger partial charge in [-0.25, -0.2) is 13.4 Å². The molecule has 0 bridgehead atoms. The van der Waals surface area contributed by atoms with Gasteiger partial charge in [0.25, 0.3) is 9.05 Å². The van der Waals surface area contributed by atoms with Crippen LogP contribution >= 0.6 is 10.7 Å². The Labute approximate surface area is 164 Å². The summed E-state index contributed by atoms with van der Waals surface area (Å²) in [6, 6.07) is 9.14. The molecule has 0 fully saturated rings. The van der Waals surface area contributed by atoms with Crippen LogP contribution in [0.25, 0.3) is 0 Å². The first kappa shape index (κ1) is 20.1. The molecular formula is C19H23ClN2O4S. The lowest BCUT2D eigenvalue weighted by atomic mass is 9.97. The van der Waals surface area contributed by atoms with Crippen molar-refractivity contribution in [2.24, 2.45) is 0 Å². The van der Waals surface area contributed by atoms with Gasteiger partial charge in [0, 0.05) is 49.2 Å². The molecule has 8 heteroatoms. The highest BCUT2D eigenvalue weighted by Gasteiger charge is 2.23. The minimum absolute atomic E-state index is 0.148. The van der Waals surface area contributed by atoms with Crippen LogP contribution in [0.4, 0.5) is 0 Å². The SMILES string of the molecule is COCCOc1ccc([C@@H](C)N2CCc3ccc(S(=O)(=O)Cl)cc3C2)cn1. The highest BCUT2D eigenvalue weighted by Crippen LogP contribution is 2.29. The molecule has 6 nitrogen and oxygen atoms in total. The molecule has 2 aromatic rings. The lowest BCUT2D eigenvalue weighted by Gasteiger charge is -2.34. The summed E-state index contributed by atoms with van der Waals surface area (Å²) in [4.78, 5) is 6.81. The van der Waals surface area contributed by atoms with Crippen LogP contribution in [0.5, 0.6) is 5.88 Å². The van der Waals surface area contributed by atoms with E-state index in [9.17, 15) is 8.42 Å². The Kier molecular flexibility index (Phi) is 6.37. The second kappa shape index (κ2) is 8.56. The van der Waals surface area contributed by atoms with Crippen molar-refractivity contribution in [2.45, 2.75) is 30.8 Å². The average molecular weight is 411 g/mol. The van der Waals surface area contributed by atoms with Crippen LogP contribution in [-0.2, 0) is 26.8 Å². The predicted molar refractivity (Wildman–Crippen MR) is 104 cm³/mol. The summed E-state index contributed by atoms with van der Waals surface area (Å²) < 4.78 is 33.7. The second-order valence-corrected chi connectivity index (χ2v) is 9.10. The van der Waals surface area contributed by atoms with Crippen molar-refractivity contribution in [2.75, 3.05) is 26.9 Å². The highest BCUT2D eigenvalue weighted by molar-refractivity contribution is 8.13. The quantitative estimate of drug-likeness (QED) is 0.516. The normalized spacial score (nSPS) is 16.0. The molecule has 0 amide bonds. The lowest BCUT2D eigenvalue weighted by molar-refractivity contribution is 0.143. The van der Waals surface area contributed by atoms with E-state index in [0.29, 0.717) is 25.6 Å². The fourth-order valence-electron chi connectivity index (χ4n) is 3.20. The third kappa shape index (κ3) is 4.99. The zero-order valence-corrected chi connectivity index (χ0v) is 17.0. The number of aromatic nitrogens is 1. The molecule has 0 unspecified atom stereocenters. The maximum Gasteiger partial charge on any atom is 0.261 e. The van der Waals surface area contributed by atoms with Crippen molar-refractivity contribution in [3.05, 3.63) is 53.2 Å². The van der Waals surface area contributed by atoms with Gasteiger partial charge in [0.1, 0.15) is 6.61 Å². The van der Waals surface area contributed by atoms with Crippen molar-refractivity contribution in [3.63, 3.8) is 0 Å². The van der Waals surface area contributed by atoms with Gasteiger partial charge < -0.3 is 9.47 Å². The van der Waals surface area contributed by atoms with Gasteiger partial charge in [-0.15, -0.1) is 0 Å². The van der Waals surface area contributed by atoms with E-state index in [1.165, 1.54) is 5.56 Å². The largest absolute Gasteiger partial charge is 0.475 e. The Morgan fingerprint density at radius 2 is 2.04 bits per heavy atom. The maximum atomic E-state index is 11.6. The smallest absolute Gasteiger partial charge is 0.261 e. The third-order valence-corrected chi connectivity index (χ3v) is 6.18. The third-order valence-electron chi connectivity index (χ3n) is 4.83. The minimum Gasteiger partial charge on any atom is -0.475 e. The summed E-state index contributed by atoms with van der Waals surface area (Å²) in [6.07, 6.45) is 2.69. The molecule has 146 valence electrons. The number of rotatable bonds is 7. The van der Waals surface area contributed by atoms with Crippen LogP contribution in [0.15, 0.2) is 41.4 Å². The highest BCUT2D eigenvalue weighted by atomic mass is 35.7.